The second-order valence-corrected chi connectivity index (χ2v) is 4.10. The van der Waals surface area contributed by atoms with Crippen LogP contribution in [0.5, 0.6) is 0 Å². The van der Waals surface area contributed by atoms with Crippen LogP contribution in [0.15, 0.2) is 24.3 Å². The molecular weight excluding hydrogens is 241 g/mol. The SMILES string of the molecule is CCN(CC(C#N)C(F)(F)F)c1ccc(C)cc1. The smallest absolute Gasteiger partial charge is 0.370 e. The second kappa shape index (κ2) is 5.76. The molecule has 5 heteroatoms. The molecule has 0 spiro atoms. The van der Waals surface area contributed by atoms with Gasteiger partial charge >= 0.3 is 6.18 Å². The van der Waals surface area contributed by atoms with Crippen LogP contribution in [0.3, 0.4) is 0 Å². The molecule has 0 saturated heterocycles. The van der Waals surface area contributed by atoms with E-state index in [1.54, 1.807) is 24.0 Å². The van der Waals surface area contributed by atoms with Gasteiger partial charge in [-0.05, 0) is 26.0 Å². The molecule has 2 nitrogen and oxygen atoms in total. The Labute approximate surface area is 105 Å². The van der Waals surface area contributed by atoms with Crippen molar-refractivity contribution in [2.45, 2.75) is 20.0 Å². The average molecular weight is 256 g/mol. The van der Waals surface area contributed by atoms with E-state index in [4.69, 9.17) is 5.26 Å². The van der Waals surface area contributed by atoms with Gasteiger partial charge in [0.15, 0.2) is 5.92 Å². The molecule has 18 heavy (non-hydrogen) atoms. The van der Waals surface area contributed by atoms with Crippen LogP contribution in [-0.2, 0) is 0 Å². The minimum atomic E-state index is -4.48. The fraction of sp³-hybridized carbons (Fsp3) is 0.462. The first-order valence-corrected chi connectivity index (χ1v) is 5.66. The monoisotopic (exact) mass is 256 g/mol. The molecule has 0 aliphatic heterocycles. The fourth-order valence-electron chi connectivity index (χ4n) is 1.61. The fourth-order valence-corrected chi connectivity index (χ4v) is 1.61. The van der Waals surface area contributed by atoms with Gasteiger partial charge in [-0.15, -0.1) is 0 Å². The number of hydrogen-bond donors (Lipinski definition) is 0. The van der Waals surface area contributed by atoms with E-state index in [0.717, 1.165) is 5.56 Å². The highest BCUT2D eigenvalue weighted by Crippen LogP contribution is 2.28. The van der Waals surface area contributed by atoms with Crippen LogP contribution >= 0.6 is 0 Å². The highest BCUT2D eigenvalue weighted by atomic mass is 19.4. The van der Waals surface area contributed by atoms with Crippen molar-refractivity contribution in [3.8, 4) is 6.07 Å². The summed E-state index contributed by atoms with van der Waals surface area (Å²) in [6.07, 6.45) is -4.48. The van der Waals surface area contributed by atoms with Crippen LogP contribution in [0.2, 0.25) is 0 Å². The molecule has 1 aromatic carbocycles. The number of nitrogens with zero attached hydrogens (tertiary/aromatic N) is 2. The van der Waals surface area contributed by atoms with Crippen LogP contribution in [-0.4, -0.2) is 19.3 Å². The van der Waals surface area contributed by atoms with Gasteiger partial charge in [0.2, 0.25) is 0 Å². The topological polar surface area (TPSA) is 27.0 Å². The molecule has 0 N–H and O–H groups in total. The number of anilines is 1. The molecule has 1 aromatic rings. The molecule has 0 aromatic heterocycles. The third kappa shape index (κ3) is 3.66. The molecule has 1 rings (SSSR count). The summed E-state index contributed by atoms with van der Waals surface area (Å²) >= 11 is 0. The Morgan fingerprint density at radius 3 is 2.22 bits per heavy atom. The largest absolute Gasteiger partial charge is 0.406 e. The second-order valence-electron chi connectivity index (χ2n) is 4.10. The summed E-state index contributed by atoms with van der Waals surface area (Å²) in [5.74, 6) is -1.96. The molecule has 0 bridgehead atoms. The third-order valence-electron chi connectivity index (χ3n) is 2.73. The van der Waals surface area contributed by atoms with Crippen LogP contribution in [0.4, 0.5) is 18.9 Å². The van der Waals surface area contributed by atoms with Crippen molar-refractivity contribution < 1.29 is 13.2 Å². The number of halogens is 3. The zero-order chi connectivity index (χ0) is 13.8. The number of nitriles is 1. The van der Waals surface area contributed by atoms with Crippen molar-refractivity contribution >= 4 is 5.69 Å². The summed E-state index contributed by atoms with van der Waals surface area (Å²) in [6, 6.07) is 8.54. The van der Waals surface area contributed by atoms with Gasteiger partial charge in [0.05, 0.1) is 6.07 Å². The zero-order valence-electron chi connectivity index (χ0n) is 10.3. The first-order valence-electron chi connectivity index (χ1n) is 5.66. The molecule has 0 fully saturated rings. The number of aryl methyl sites for hydroxylation is 1. The Morgan fingerprint density at radius 1 is 1.28 bits per heavy atom. The van der Waals surface area contributed by atoms with Gasteiger partial charge in [-0.3, -0.25) is 0 Å². The zero-order valence-corrected chi connectivity index (χ0v) is 10.3. The summed E-state index contributed by atoms with van der Waals surface area (Å²) in [7, 11) is 0. The van der Waals surface area contributed by atoms with Crippen LogP contribution < -0.4 is 4.90 Å². The molecule has 98 valence electrons. The molecule has 0 aliphatic carbocycles. The van der Waals surface area contributed by atoms with E-state index in [2.05, 4.69) is 0 Å². The highest BCUT2D eigenvalue weighted by molar-refractivity contribution is 5.47. The lowest BCUT2D eigenvalue weighted by Gasteiger charge is -2.26. The van der Waals surface area contributed by atoms with Gasteiger partial charge in [-0.1, -0.05) is 17.7 Å². The molecule has 1 unspecified atom stereocenters. The number of alkyl halides is 3. The Morgan fingerprint density at radius 2 is 1.83 bits per heavy atom. The predicted molar refractivity (Wildman–Crippen MR) is 64.2 cm³/mol. The molecule has 1 atom stereocenters. The molecule has 0 heterocycles. The first kappa shape index (κ1) is 14.4. The van der Waals surface area contributed by atoms with E-state index in [1.807, 2.05) is 19.1 Å². The lowest BCUT2D eigenvalue weighted by atomic mass is 10.1. The quantitative estimate of drug-likeness (QED) is 0.824. The van der Waals surface area contributed by atoms with Crippen LogP contribution in [0, 0.1) is 24.2 Å². The maximum atomic E-state index is 12.5. The predicted octanol–water partition coefficient (Wildman–Crippen LogP) is 3.52. The van der Waals surface area contributed by atoms with E-state index in [-0.39, 0.29) is 6.54 Å². The maximum Gasteiger partial charge on any atom is 0.406 e. The summed E-state index contributed by atoms with van der Waals surface area (Å²) in [6.45, 7) is 3.77. The first-order chi connectivity index (χ1) is 8.38. The van der Waals surface area contributed by atoms with E-state index < -0.39 is 12.1 Å². The van der Waals surface area contributed by atoms with E-state index in [0.29, 0.717) is 12.2 Å². The van der Waals surface area contributed by atoms with Gasteiger partial charge < -0.3 is 4.90 Å². The van der Waals surface area contributed by atoms with Crippen molar-refractivity contribution in [2.24, 2.45) is 5.92 Å². The van der Waals surface area contributed by atoms with Crippen molar-refractivity contribution in [2.75, 3.05) is 18.0 Å². The summed E-state index contributed by atoms with van der Waals surface area (Å²) in [4.78, 5) is 1.56. The van der Waals surface area contributed by atoms with Gasteiger partial charge in [0.25, 0.3) is 0 Å². The van der Waals surface area contributed by atoms with Gasteiger partial charge in [0, 0.05) is 18.8 Å². The van der Waals surface area contributed by atoms with Crippen molar-refractivity contribution in [3.05, 3.63) is 29.8 Å². The summed E-state index contributed by atoms with van der Waals surface area (Å²) in [5, 5.41) is 8.60. The van der Waals surface area contributed by atoms with E-state index in [1.165, 1.54) is 6.07 Å². The Bertz CT molecular complexity index is 417. The molecule has 0 saturated carbocycles. The molecular formula is C13H15F3N2. The minimum absolute atomic E-state index is 0.334. The van der Waals surface area contributed by atoms with Gasteiger partial charge in [-0.25, -0.2) is 0 Å². The molecule has 0 amide bonds. The molecule has 0 aliphatic rings. The van der Waals surface area contributed by atoms with E-state index >= 15 is 0 Å². The summed E-state index contributed by atoms with van der Waals surface area (Å²) < 4.78 is 37.6. The van der Waals surface area contributed by atoms with Crippen molar-refractivity contribution in [1.82, 2.24) is 0 Å². The summed E-state index contributed by atoms with van der Waals surface area (Å²) in [5.41, 5.74) is 1.75. The highest BCUT2D eigenvalue weighted by Gasteiger charge is 2.40. The van der Waals surface area contributed by atoms with Gasteiger partial charge in [-0.2, -0.15) is 18.4 Å². The number of benzene rings is 1. The van der Waals surface area contributed by atoms with Crippen molar-refractivity contribution in [3.63, 3.8) is 0 Å². The van der Waals surface area contributed by atoms with Crippen molar-refractivity contribution in [1.29, 1.82) is 5.26 Å². The molecule has 0 radical (unpaired) electrons. The average Bonchev–Trinajstić information content (AvgIpc) is 2.30. The Balaban J connectivity index is 2.85. The van der Waals surface area contributed by atoms with Crippen LogP contribution in [0.25, 0.3) is 0 Å². The minimum Gasteiger partial charge on any atom is -0.370 e. The Kier molecular flexibility index (Phi) is 4.60. The lowest BCUT2D eigenvalue weighted by Crippen LogP contribution is -2.36. The standard InChI is InChI=1S/C13H15F3N2/c1-3-18(9-11(8-17)13(14,15)16)12-6-4-10(2)5-7-12/h4-7,11H,3,9H2,1-2H3. The van der Waals surface area contributed by atoms with Crippen LogP contribution in [0.1, 0.15) is 12.5 Å². The number of rotatable bonds is 4. The Hall–Kier alpha value is -1.70. The normalized spacial score (nSPS) is 12.9. The van der Waals surface area contributed by atoms with Gasteiger partial charge in [0.1, 0.15) is 0 Å². The number of hydrogen-bond acceptors (Lipinski definition) is 2. The van der Waals surface area contributed by atoms with E-state index in [9.17, 15) is 13.2 Å². The lowest BCUT2D eigenvalue weighted by molar-refractivity contribution is -0.156. The maximum absolute atomic E-state index is 12.5. The third-order valence-corrected chi connectivity index (χ3v) is 2.73.